The maximum absolute atomic E-state index is 12.6. The second-order valence-electron chi connectivity index (χ2n) is 6.72. The van der Waals surface area contributed by atoms with Crippen LogP contribution in [0.15, 0.2) is 48.5 Å². The predicted molar refractivity (Wildman–Crippen MR) is 104 cm³/mol. The molecule has 0 radical (unpaired) electrons. The number of carbonyl (C=O) groups excluding carboxylic acids is 2. The minimum Gasteiger partial charge on any atom is -0.497 e. The van der Waals surface area contributed by atoms with E-state index in [2.05, 4.69) is 5.32 Å². The van der Waals surface area contributed by atoms with Gasteiger partial charge >= 0.3 is 0 Å². The highest BCUT2D eigenvalue weighted by atomic mass is 16.5. The van der Waals surface area contributed by atoms with Crippen LogP contribution in [0.2, 0.25) is 0 Å². The Bertz CT molecular complexity index is 805. The molecule has 6 heteroatoms. The smallest absolute Gasteiger partial charge is 0.245 e. The van der Waals surface area contributed by atoms with E-state index < -0.39 is 6.04 Å². The fourth-order valence-electron chi connectivity index (χ4n) is 3.26. The number of hydrogen-bond acceptors (Lipinski definition) is 4. The number of rotatable bonds is 7. The number of ether oxygens (including phenoxy) is 1. The molecule has 2 amide bonds. The third kappa shape index (κ3) is 4.78. The topological polar surface area (TPSA) is 84.7 Å². The Morgan fingerprint density at radius 3 is 2.67 bits per heavy atom. The van der Waals surface area contributed by atoms with Crippen LogP contribution in [0.5, 0.6) is 5.75 Å². The molecule has 1 saturated heterocycles. The molecule has 0 spiro atoms. The summed E-state index contributed by atoms with van der Waals surface area (Å²) in [6, 6.07) is 14.7. The van der Waals surface area contributed by atoms with E-state index in [4.69, 9.17) is 10.5 Å². The first kappa shape index (κ1) is 18.8. The molecule has 6 nitrogen and oxygen atoms in total. The van der Waals surface area contributed by atoms with Crippen LogP contribution in [0.4, 0.5) is 5.69 Å². The summed E-state index contributed by atoms with van der Waals surface area (Å²) in [6.07, 6.45) is 1.51. The highest BCUT2D eigenvalue weighted by molar-refractivity contribution is 5.89. The zero-order chi connectivity index (χ0) is 19.2. The van der Waals surface area contributed by atoms with Crippen molar-refractivity contribution in [3.05, 3.63) is 59.7 Å². The lowest BCUT2D eigenvalue weighted by molar-refractivity contribution is -0.133. The van der Waals surface area contributed by atoms with Gasteiger partial charge in [-0.25, -0.2) is 0 Å². The molecule has 27 heavy (non-hydrogen) atoms. The van der Waals surface area contributed by atoms with Gasteiger partial charge in [0.1, 0.15) is 11.8 Å². The molecule has 0 saturated carbocycles. The molecule has 142 valence electrons. The predicted octanol–water partition coefficient (Wildman–Crippen LogP) is 2.13. The molecule has 0 aromatic heterocycles. The zero-order valence-electron chi connectivity index (χ0n) is 15.5. The van der Waals surface area contributed by atoms with Gasteiger partial charge in [0.05, 0.1) is 7.11 Å². The first-order valence-corrected chi connectivity index (χ1v) is 9.11. The van der Waals surface area contributed by atoms with Crippen molar-refractivity contribution in [2.75, 3.05) is 19.4 Å². The van der Waals surface area contributed by atoms with Crippen molar-refractivity contribution >= 4 is 17.5 Å². The van der Waals surface area contributed by atoms with Gasteiger partial charge < -0.3 is 20.7 Å². The molecule has 0 bridgehead atoms. The van der Waals surface area contributed by atoms with Gasteiger partial charge in [0.25, 0.3) is 0 Å². The highest BCUT2D eigenvalue weighted by Crippen LogP contribution is 2.18. The highest BCUT2D eigenvalue weighted by Gasteiger charge is 2.32. The first-order valence-electron chi connectivity index (χ1n) is 9.11. The van der Waals surface area contributed by atoms with Crippen molar-refractivity contribution in [1.82, 2.24) is 10.2 Å². The van der Waals surface area contributed by atoms with Crippen LogP contribution in [0.25, 0.3) is 0 Å². The average Bonchev–Trinajstić information content (AvgIpc) is 3.01. The molecular weight excluding hydrogens is 342 g/mol. The molecule has 1 heterocycles. The first-order chi connectivity index (χ1) is 13.1. The summed E-state index contributed by atoms with van der Waals surface area (Å²) >= 11 is 0. The van der Waals surface area contributed by atoms with Crippen molar-refractivity contribution in [3.63, 3.8) is 0 Å². The zero-order valence-corrected chi connectivity index (χ0v) is 15.5. The standard InChI is InChI=1S/C21H25N3O3/c1-27-17-9-6-15(7-10-17)14-24-13-12-19(21(24)26)23-20(25)11-8-16-4-2-3-5-18(16)22/h2-7,9-10,19H,8,11-14,22H2,1H3,(H,23,25). The van der Waals surface area contributed by atoms with Crippen LogP contribution >= 0.6 is 0 Å². The molecule has 0 aliphatic carbocycles. The monoisotopic (exact) mass is 367 g/mol. The largest absolute Gasteiger partial charge is 0.497 e. The Labute approximate surface area is 159 Å². The molecular formula is C21H25N3O3. The van der Waals surface area contributed by atoms with Crippen LogP contribution in [-0.2, 0) is 22.6 Å². The van der Waals surface area contributed by atoms with Crippen molar-refractivity contribution in [2.45, 2.75) is 31.8 Å². The van der Waals surface area contributed by atoms with E-state index in [0.29, 0.717) is 38.0 Å². The number of likely N-dealkylation sites (tertiary alicyclic amines) is 1. The van der Waals surface area contributed by atoms with Crippen molar-refractivity contribution < 1.29 is 14.3 Å². The van der Waals surface area contributed by atoms with Crippen LogP contribution in [0.1, 0.15) is 24.0 Å². The SMILES string of the molecule is COc1ccc(CN2CCC(NC(=O)CCc3ccccc3N)C2=O)cc1. The minimum atomic E-state index is -0.441. The summed E-state index contributed by atoms with van der Waals surface area (Å²) in [7, 11) is 1.62. The molecule has 1 aliphatic rings. The summed E-state index contributed by atoms with van der Waals surface area (Å²) < 4.78 is 5.15. The second kappa shape index (κ2) is 8.58. The number of benzene rings is 2. The maximum Gasteiger partial charge on any atom is 0.245 e. The molecule has 1 unspecified atom stereocenters. The number of carbonyl (C=O) groups is 2. The van der Waals surface area contributed by atoms with Gasteiger partial charge in [0, 0.05) is 25.2 Å². The summed E-state index contributed by atoms with van der Waals surface area (Å²) in [5.41, 5.74) is 8.58. The minimum absolute atomic E-state index is 0.0293. The quantitative estimate of drug-likeness (QED) is 0.734. The number of aryl methyl sites for hydroxylation is 1. The molecule has 1 fully saturated rings. The van der Waals surface area contributed by atoms with Gasteiger partial charge in [-0.2, -0.15) is 0 Å². The lowest BCUT2D eigenvalue weighted by atomic mass is 10.1. The van der Waals surface area contributed by atoms with Crippen molar-refractivity contribution in [3.8, 4) is 5.75 Å². The number of amides is 2. The van der Waals surface area contributed by atoms with Gasteiger partial charge in [0.2, 0.25) is 11.8 Å². The van der Waals surface area contributed by atoms with Gasteiger partial charge in [0.15, 0.2) is 0 Å². The van der Waals surface area contributed by atoms with E-state index in [1.807, 2.05) is 48.5 Å². The van der Waals surface area contributed by atoms with Crippen molar-refractivity contribution in [2.24, 2.45) is 0 Å². The Morgan fingerprint density at radius 1 is 1.22 bits per heavy atom. The Kier molecular flexibility index (Phi) is 5.96. The number of hydrogen-bond donors (Lipinski definition) is 2. The fraction of sp³-hybridized carbons (Fsp3) is 0.333. The molecule has 3 N–H and O–H groups in total. The molecule has 1 atom stereocenters. The van der Waals surface area contributed by atoms with E-state index in [1.165, 1.54) is 0 Å². The maximum atomic E-state index is 12.6. The van der Waals surface area contributed by atoms with E-state index in [-0.39, 0.29) is 11.8 Å². The van der Waals surface area contributed by atoms with Gasteiger partial charge in [-0.05, 0) is 42.2 Å². The molecule has 2 aromatic rings. The summed E-state index contributed by atoms with van der Waals surface area (Å²) in [5, 5.41) is 2.86. The third-order valence-corrected chi connectivity index (χ3v) is 4.84. The average molecular weight is 367 g/mol. The Morgan fingerprint density at radius 2 is 1.96 bits per heavy atom. The lowest BCUT2D eigenvalue weighted by Crippen LogP contribution is -2.41. The third-order valence-electron chi connectivity index (χ3n) is 4.84. The number of methoxy groups -OCH3 is 1. The van der Waals surface area contributed by atoms with Gasteiger partial charge in [-0.1, -0.05) is 30.3 Å². The number of nitrogens with two attached hydrogens (primary N) is 1. The van der Waals surface area contributed by atoms with Crippen LogP contribution in [-0.4, -0.2) is 36.4 Å². The van der Waals surface area contributed by atoms with E-state index >= 15 is 0 Å². The Balaban J connectivity index is 1.49. The fourth-order valence-corrected chi connectivity index (χ4v) is 3.26. The van der Waals surface area contributed by atoms with Crippen LogP contribution in [0.3, 0.4) is 0 Å². The van der Waals surface area contributed by atoms with Crippen LogP contribution < -0.4 is 15.8 Å². The number of nitrogen functional groups attached to an aromatic ring is 1. The number of nitrogens with one attached hydrogen (secondary N) is 1. The summed E-state index contributed by atoms with van der Waals surface area (Å²) in [6.45, 7) is 1.18. The molecule has 1 aliphatic heterocycles. The second-order valence-corrected chi connectivity index (χ2v) is 6.72. The van der Waals surface area contributed by atoms with Crippen LogP contribution in [0, 0.1) is 0 Å². The van der Waals surface area contributed by atoms with Crippen molar-refractivity contribution in [1.29, 1.82) is 0 Å². The summed E-state index contributed by atoms with van der Waals surface area (Å²) in [5.74, 6) is 0.636. The van der Waals surface area contributed by atoms with Gasteiger partial charge in [-0.3, -0.25) is 9.59 Å². The lowest BCUT2D eigenvalue weighted by Gasteiger charge is -2.17. The van der Waals surface area contributed by atoms with E-state index in [1.54, 1.807) is 12.0 Å². The Hall–Kier alpha value is -3.02. The molecule has 3 rings (SSSR count). The number of nitrogens with zero attached hydrogens (tertiary/aromatic N) is 1. The molecule has 2 aromatic carbocycles. The van der Waals surface area contributed by atoms with E-state index in [9.17, 15) is 9.59 Å². The van der Waals surface area contributed by atoms with Gasteiger partial charge in [-0.15, -0.1) is 0 Å². The normalized spacial score (nSPS) is 16.4. The number of para-hydroxylation sites is 1. The summed E-state index contributed by atoms with van der Waals surface area (Å²) in [4.78, 5) is 26.6. The van der Waals surface area contributed by atoms with E-state index in [0.717, 1.165) is 16.9 Å². The number of anilines is 1.